The number of hydrogen-bond acceptors (Lipinski definition) is 6. The van der Waals surface area contributed by atoms with Crippen LogP contribution in [0.4, 0.5) is 0 Å². The number of carbonyl (C=O) groups is 1. The lowest BCUT2D eigenvalue weighted by Crippen LogP contribution is -2.33. The maximum atomic E-state index is 13.2. The zero-order chi connectivity index (χ0) is 19.0. The third-order valence-electron chi connectivity index (χ3n) is 4.89. The van der Waals surface area contributed by atoms with E-state index in [1.807, 2.05) is 13.0 Å². The lowest BCUT2D eigenvalue weighted by atomic mass is 10.2. The lowest BCUT2D eigenvalue weighted by Gasteiger charge is -2.21. The van der Waals surface area contributed by atoms with Gasteiger partial charge in [0.1, 0.15) is 16.4 Å². The Morgan fingerprint density at radius 2 is 2.33 bits per heavy atom. The second-order valence-electron chi connectivity index (χ2n) is 6.62. The number of rotatable bonds is 6. The lowest BCUT2D eigenvalue weighted by molar-refractivity contribution is 0.0671. The number of carbonyl (C=O) groups excluding carboxylic acids is 1. The molecule has 0 bridgehead atoms. The van der Waals surface area contributed by atoms with Gasteiger partial charge in [-0.3, -0.25) is 14.2 Å². The Morgan fingerprint density at radius 1 is 1.48 bits per heavy atom. The zero-order valence-electron chi connectivity index (χ0n) is 15.4. The van der Waals surface area contributed by atoms with Crippen LogP contribution < -0.4 is 5.56 Å². The van der Waals surface area contributed by atoms with Crippen LogP contribution in [-0.4, -0.2) is 40.6 Å². The van der Waals surface area contributed by atoms with E-state index in [-0.39, 0.29) is 11.5 Å². The van der Waals surface area contributed by atoms with Crippen LogP contribution in [0, 0.1) is 6.92 Å². The molecule has 8 heteroatoms. The minimum absolute atomic E-state index is 0.0326. The van der Waals surface area contributed by atoms with Gasteiger partial charge in [-0.25, -0.2) is 4.98 Å². The predicted molar refractivity (Wildman–Crippen MR) is 102 cm³/mol. The summed E-state index contributed by atoms with van der Waals surface area (Å²) < 4.78 is 12.3. The largest absolute Gasteiger partial charge is 0.467 e. The molecule has 3 aromatic heterocycles. The van der Waals surface area contributed by atoms with Gasteiger partial charge in [-0.2, -0.15) is 0 Å². The highest BCUT2D eigenvalue weighted by Gasteiger charge is 2.26. The number of fused-ring (bicyclic) bond motifs is 2. The zero-order valence-corrected chi connectivity index (χ0v) is 16.2. The van der Waals surface area contributed by atoms with Gasteiger partial charge in [0, 0.05) is 26.6 Å². The highest BCUT2D eigenvalue weighted by molar-refractivity contribution is 7.20. The van der Waals surface area contributed by atoms with Crippen molar-refractivity contribution < 1.29 is 13.9 Å². The van der Waals surface area contributed by atoms with E-state index in [0.29, 0.717) is 52.7 Å². The van der Waals surface area contributed by atoms with Gasteiger partial charge in [-0.05, 0) is 31.0 Å². The van der Waals surface area contributed by atoms with Crippen molar-refractivity contribution in [3.8, 4) is 0 Å². The fourth-order valence-electron chi connectivity index (χ4n) is 3.47. The second kappa shape index (κ2) is 7.28. The summed E-state index contributed by atoms with van der Waals surface area (Å²) in [4.78, 5) is 33.6. The van der Waals surface area contributed by atoms with Gasteiger partial charge in [-0.1, -0.05) is 0 Å². The van der Waals surface area contributed by atoms with E-state index < -0.39 is 0 Å². The van der Waals surface area contributed by atoms with Crippen LogP contribution in [0.5, 0.6) is 0 Å². The molecule has 142 valence electrons. The Kier molecular flexibility index (Phi) is 4.84. The molecule has 27 heavy (non-hydrogen) atoms. The van der Waals surface area contributed by atoms with Crippen molar-refractivity contribution in [1.29, 1.82) is 0 Å². The Bertz CT molecular complexity index is 1040. The summed E-state index contributed by atoms with van der Waals surface area (Å²) in [5.41, 5.74) is 0.677. The molecule has 0 unspecified atom stereocenters. The average molecular weight is 387 g/mol. The van der Waals surface area contributed by atoms with Crippen LogP contribution in [0.25, 0.3) is 10.2 Å². The molecular formula is C19H21N3O4S. The third-order valence-corrected chi connectivity index (χ3v) is 6.06. The fraction of sp³-hybridized carbons (Fsp3) is 0.421. The normalized spacial score (nSPS) is 13.3. The molecule has 0 saturated carbocycles. The number of aryl methyl sites for hydroxylation is 2. The van der Waals surface area contributed by atoms with Crippen molar-refractivity contribution in [2.24, 2.45) is 0 Å². The summed E-state index contributed by atoms with van der Waals surface area (Å²) in [6.07, 6.45) is 3.34. The van der Waals surface area contributed by atoms with Gasteiger partial charge >= 0.3 is 0 Å². The molecule has 0 spiro atoms. The third kappa shape index (κ3) is 3.19. The van der Waals surface area contributed by atoms with Gasteiger partial charge in [0.2, 0.25) is 0 Å². The first-order valence-electron chi connectivity index (χ1n) is 8.93. The fourth-order valence-corrected chi connectivity index (χ4v) is 4.63. The summed E-state index contributed by atoms with van der Waals surface area (Å²) in [5.74, 6) is 1.39. The summed E-state index contributed by atoms with van der Waals surface area (Å²) in [6, 6.07) is 3.63. The molecule has 0 atom stereocenters. The van der Waals surface area contributed by atoms with Crippen LogP contribution >= 0.6 is 11.3 Å². The van der Waals surface area contributed by atoms with E-state index in [9.17, 15) is 9.59 Å². The van der Waals surface area contributed by atoms with E-state index in [0.717, 1.165) is 18.7 Å². The molecular weight excluding hydrogens is 366 g/mol. The Morgan fingerprint density at radius 3 is 3.07 bits per heavy atom. The quantitative estimate of drug-likeness (QED) is 0.650. The SMILES string of the molecule is COCCN(Cc1ccco1)C(=O)c1sc2nc3n(c(=O)c2c1C)CCC3. The summed E-state index contributed by atoms with van der Waals surface area (Å²) in [7, 11) is 1.60. The first kappa shape index (κ1) is 17.9. The highest BCUT2D eigenvalue weighted by atomic mass is 32.1. The molecule has 4 heterocycles. The monoisotopic (exact) mass is 387 g/mol. The second-order valence-corrected chi connectivity index (χ2v) is 7.62. The molecule has 7 nitrogen and oxygen atoms in total. The molecule has 0 fully saturated rings. The molecule has 1 aliphatic heterocycles. The Hall–Kier alpha value is -2.45. The number of thiophene rings is 1. The van der Waals surface area contributed by atoms with E-state index in [4.69, 9.17) is 9.15 Å². The number of furan rings is 1. The van der Waals surface area contributed by atoms with Gasteiger partial charge in [0.05, 0.1) is 29.7 Å². The van der Waals surface area contributed by atoms with Crippen molar-refractivity contribution in [3.63, 3.8) is 0 Å². The molecule has 0 N–H and O–H groups in total. The predicted octanol–water partition coefficient (Wildman–Crippen LogP) is 2.59. The maximum Gasteiger partial charge on any atom is 0.264 e. The molecule has 0 saturated heterocycles. The van der Waals surface area contributed by atoms with E-state index >= 15 is 0 Å². The van der Waals surface area contributed by atoms with Crippen LogP contribution in [0.2, 0.25) is 0 Å². The van der Waals surface area contributed by atoms with Crippen molar-refractivity contribution >= 4 is 27.5 Å². The van der Waals surface area contributed by atoms with Gasteiger partial charge in [0.25, 0.3) is 11.5 Å². The smallest absolute Gasteiger partial charge is 0.264 e. The summed E-state index contributed by atoms with van der Waals surface area (Å²) in [6.45, 7) is 3.75. The van der Waals surface area contributed by atoms with E-state index in [1.165, 1.54) is 11.3 Å². The van der Waals surface area contributed by atoms with Crippen LogP contribution in [0.1, 0.15) is 33.2 Å². The standard InChI is InChI=1S/C19H21N3O4S/c1-12-15-17(20-14-6-3-7-22(14)18(15)23)27-16(12)19(24)21(8-10-25-2)11-13-5-4-9-26-13/h4-5,9H,3,6-8,10-11H2,1-2H3. The van der Waals surface area contributed by atoms with Crippen molar-refractivity contribution in [1.82, 2.24) is 14.5 Å². The summed E-state index contributed by atoms with van der Waals surface area (Å²) >= 11 is 1.30. The first-order valence-corrected chi connectivity index (χ1v) is 9.75. The average Bonchev–Trinajstić information content (AvgIpc) is 3.39. The molecule has 1 aliphatic rings. The van der Waals surface area contributed by atoms with Gasteiger partial charge < -0.3 is 14.1 Å². The number of hydrogen-bond donors (Lipinski definition) is 0. The van der Waals surface area contributed by atoms with Crippen LogP contribution in [0.15, 0.2) is 27.6 Å². The molecule has 0 aliphatic carbocycles. The molecule has 1 amide bonds. The highest BCUT2D eigenvalue weighted by Crippen LogP contribution is 2.30. The molecule has 0 aromatic carbocycles. The minimum atomic E-state index is -0.131. The van der Waals surface area contributed by atoms with Gasteiger partial charge in [0.15, 0.2) is 0 Å². The molecule has 3 aromatic rings. The van der Waals surface area contributed by atoms with Crippen molar-refractivity contribution in [3.05, 3.63) is 50.8 Å². The number of ether oxygens (including phenoxy) is 1. The first-order chi connectivity index (χ1) is 13.1. The van der Waals surface area contributed by atoms with E-state index in [1.54, 1.807) is 28.9 Å². The molecule has 0 radical (unpaired) electrons. The van der Waals surface area contributed by atoms with E-state index in [2.05, 4.69) is 4.98 Å². The van der Waals surface area contributed by atoms with Crippen molar-refractivity contribution in [2.75, 3.05) is 20.3 Å². The Balaban J connectivity index is 1.73. The summed E-state index contributed by atoms with van der Waals surface area (Å²) in [5, 5.41) is 0.568. The topological polar surface area (TPSA) is 77.6 Å². The van der Waals surface area contributed by atoms with Crippen molar-refractivity contribution in [2.45, 2.75) is 32.9 Å². The Labute approximate surface area is 160 Å². The number of methoxy groups -OCH3 is 1. The molecule has 4 rings (SSSR count). The van der Waals surface area contributed by atoms with Crippen LogP contribution in [0.3, 0.4) is 0 Å². The number of nitrogens with zero attached hydrogens (tertiary/aromatic N) is 3. The number of amides is 1. The minimum Gasteiger partial charge on any atom is -0.467 e. The number of aromatic nitrogens is 2. The maximum absolute atomic E-state index is 13.2. The van der Waals surface area contributed by atoms with Crippen LogP contribution in [-0.2, 0) is 24.2 Å². The van der Waals surface area contributed by atoms with Gasteiger partial charge in [-0.15, -0.1) is 11.3 Å².